The maximum atomic E-state index is 11.6. The Balaban J connectivity index is 1.92. The molecule has 1 saturated heterocycles. The van der Waals surface area contributed by atoms with Crippen LogP contribution in [0.25, 0.3) is 0 Å². The Morgan fingerprint density at radius 2 is 2.00 bits per heavy atom. The first-order chi connectivity index (χ1) is 8.95. The van der Waals surface area contributed by atoms with Crippen LogP contribution in [0.3, 0.4) is 0 Å². The third-order valence-electron chi connectivity index (χ3n) is 4.13. The van der Waals surface area contributed by atoms with Gasteiger partial charge in [0.1, 0.15) is 0 Å². The second kappa shape index (κ2) is 5.90. The van der Waals surface area contributed by atoms with E-state index in [0.717, 1.165) is 25.7 Å². The molecule has 5 nitrogen and oxygen atoms in total. The SMILES string of the molecule is CC(=O)NC1CC(CC(O)C2CC2)CN(C(C)=O)C1. The van der Waals surface area contributed by atoms with Crippen molar-refractivity contribution in [2.75, 3.05) is 13.1 Å². The average Bonchev–Trinajstić information content (AvgIpc) is 3.10. The van der Waals surface area contributed by atoms with Crippen molar-refractivity contribution in [3.63, 3.8) is 0 Å². The molecule has 19 heavy (non-hydrogen) atoms. The molecule has 0 aromatic heterocycles. The maximum Gasteiger partial charge on any atom is 0.219 e. The fraction of sp³-hybridized carbons (Fsp3) is 0.857. The van der Waals surface area contributed by atoms with Gasteiger partial charge in [0.2, 0.25) is 11.8 Å². The quantitative estimate of drug-likeness (QED) is 0.781. The van der Waals surface area contributed by atoms with Crippen molar-refractivity contribution in [1.82, 2.24) is 10.2 Å². The number of hydrogen-bond acceptors (Lipinski definition) is 3. The summed E-state index contributed by atoms with van der Waals surface area (Å²) in [5, 5.41) is 12.9. The molecule has 3 unspecified atom stereocenters. The molecule has 2 rings (SSSR count). The van der Waals surface area contributed by atoms with Gasteiger partial charge in [-0.25, -0.2) is 0 Å². The molecule has 0 bridgehead atoms. The maximum absolute atomic E-state index is 11.6. The summed E-state index contributed by atoms with van der Waals surface area (Å²) in [6, 6.07) is 0.0200. The number of carbonyl (C=O) groups excluding carboxylic acids is 2. The van der Waals surface area contributed by atoms with E-state index in [-0.39, 0.29) is 29.9 Å². The topological polar surface area (TPSA) is 69.6 Å². The number of amides is 2. The van der Waals surface area contributed by atoms with Gasteiger partial charge >= 0.3 is 0 Å². The minimum Gasteiger partial charge on any atom is -0.393 e. The standard InChI is InChI=1S/C14H24N2O3/c1-9(17)15-13-5-11(6-14(19)12-3-4-12)7-16(8-13)10(2)18/h11-14,19H,3-8H2,1-2H3,(H,15,17). The molecule has 2 aliphatic rings. The molecule has 0 spiro atoms. The van der Waals surface area contributed by atoms with Crippen LogP contribution in [0.15, 0.2) is 0 Å². The predicted molar refractivity (Wildman–Crippen MR) is 71.3 cm³/mol. The summed E-state index contributed by atoms with van der Waals surface area (Å²) >= 11 is 0. The Bertz CT molecular complexity index is 355. The van der Waals surface area contributed by atoms with Crippen LogP contribution in [0.4, 0.5) is 0 Å². The fourth-order valence-corrected chi connectivity index (χ4v) is 3.04. The highest BCUT2D eigenvalue weighted by Gasteiger charge is 2.35. The van der Waals surface area contributed by atoms with Gasteiger partial charge in [-0.3, -0.25) is 9.59 Å². The van der Waals surface area contributed by atoms with E-state index in [4.69, 9.17) is 0 Å². The summed E-state index contributed by atoms with van der Waals surface area (Å²) in [5.41, 5.74) is 0. The molecule has 1 aliphatic carbocycles. The van der Waals surface area contributed by atoms with Crippen molar-refractivity contribution in [1.29, 1.82) is 0 Å². The van der Waals surface area contributed by atoms with Crippen molar-refractivity contribution in [3.05, 3.63) is 0 Å². The molecule has 1 heterocycles. The molecule has 108 valence electrons. The number of hydrogen-bond donors (Lipinski definition) is 2. The molecule has 5 heteroatoms. The molecule has 2 fully saturated rings. The van der Waals surface area contributed by atoms with Crippen LogP contribution in [0.2, 0.25) is 0 Å². The number of likely N-dealkylation sites (tertiary alicyclic amines) is 1. The first kappa shape index (κ1) is 14.3. The number of carbonyl (C=O) groups is 2. The van der Waals surface area contributed by atoms with Gasteiger partial charge in [-0.05, 0) is 37.5 Å². The van der Waals surface area contributed by atoms with E-state index >= 15 is 0 Å². The van der Waals surface area contributed by atoms with E-state index in [0.29, 0.717) is 19.0 Å². The van der Waals surface area contributed by atoms with Crippen molar-refractivity contribution in [3.8, 4) is 0 Å². The first-order valence-electron chi connectivity index (χ1n) is 7.16. The smallest absolute Gasteiger partial charge is 0.219 e. The number of nitrogens with zero attached hydrogens (tertiary/aromatic N) is 1. The summed E-state index contributed by atoms with van der Waals surface area (Å²) in [5.74, 6) is 0.731. The predicted octanol–water partition coefficient (Wildman–Crippen LogP) is 0.520. The highest BCUT2D eigenvalue weighted by atomic mass is 16.3. The Labute approximate surface area is 114 Å². The minimum atomic E-state index is -0.241. The van der Waals surface area contributed by atoms with Crippen molar-refractivity contribution >= 4 is 11.8 Å². The van der Waals surface area contributed by atoms with Gasteiger partial charge in [-0.15, -0.1) is 0 Å². The van der Waals surface area contributed by atoms with E-state index < -0.39 is 0 Å². The number of aliphatic hydroxyl groups excluding tert-OH is 1. The second-order valence-electron chi connectivity index (χ2n) is 6.06. The number of nitrogens with one attached hydrogen (secondary N) is 1. The molecule has 1 aliphatic heterocycles. The van der Waals surface area contributed by atoms with Crippen molar-refractivity contribution in [2.24, 2.45) is 11.8 Å². The third kappa shape index (κ3) is 4.20. The monoisotopic (exact) mass is 268 g/mol. The van der Waals surface area contributed by atoms with Crippen LogP contribution in [0.1, 0.15) is 39.5 Å². The molecule has 2 amide bonds. The molecular formula is C14H24N2O3. The molecule has 0 aromatic carbocycles. The first-order valence-corrected chi connectivity index (χ1v) is 7.16. The zero-order chi connectivity index (χ0) is 14.0. The van der Waals surface area contributed by atoms with Crippen molar-refractivity contribution in [2.45, 2.75) is 51.7 Å². The van der Waals surface area contributed by atoms with Crippen LogP contribution < -0.4 is 5.32 Å². The summed E-state index contributed by atoms with van der Waals surface area (Å²) in [6.45, 7) is 4.35. The van der Waals surface area contributed by atoms with Gasteiger partial charge in [-0.1, -0.05) is 0 Å². The van der Waals surface area contributed by atoms with Crippen LogP contribution in [0, 0.1) is 11.8 Å². The van der Waals surface area contributed by atoms with Crippen LogP contribution >= 0.6 is 0 Å². The van der Waals surface area contributed by atoms with Gasteiger partial charge in [0.25, 0.3) is 0 Å². The zero-order valence-electron chi connectivity index (χ0n) is 11.8. The van der Waals surface area contributed by atoms with Crippen LogP contribution in [-0.4, -0.2) is 47.1 Å². The highest BCUT2D eigenvalue weighted by Crippen LogP contribution is 2.36. The summed E-state index contributed by atoms with van der Waals surface area (Å²) < 4.78 is 0. The van der Waals surface area contributed by atoms with Crippen molar-refractivity contribution < 1.29 is 14.7 Å². The van der Waals surface area contributed by atoms with Gasteiger partial charge in [-0.2, -0.15) is 0 Å². The lowest BCUT2D eigenvalue weighted by Crippen LogP contribution is -2.52. The number of aliphatic hydroxyl groups is 1. The average molecular weight is 268 g/mol. The van der Waals surface area contributed by atoms with Crippen LogP contribution in [-0.2, 0) is 9.59 Å². The lowest BCUT2D eigenvalue weighted by atomic mass is 9.88. The lowest BCUT2D eigenvalue weighted by Gasteiger charge is -2.38. The van der Waals surface area contributed by atoms with E-state index in [1.165, 1.54) is 6.92 Å². The van der Waals surface area contributed by atoms with E-state index in [1.54, 1.807) is 11.8 Å². The normalized spacial score (nSPS) is 28.9. The van der Waals surface area contributed by atoms with Gasteiger partial charge in [0.05, 0.1) is 6.10 Å². The molecular weight excluding hydrogens is 244 g/mol. The Morgan fingerprint density at radius 3 is 2.53 bits per heavy atom. The third-order valence-corrected chi connectivity index (χ3v) is 4.13. The summed E-state index contributed by atoms with van der Waals surface area (Å²) in [6.07, 6.45) is 3.60. The summed E-state index contributed by atoms with van der Waals surface area (Å²) in [7, 11) is 0. The Hall–Kier alpha value is -1.10. The molecule has 0 aromatic rings. The van der Waals surface area contributed by atoms with E-state index in [9.17, 15) is 14.7 Å². The Morgan fingerprint density at radius 1 is 1.32 bits per heavy atom. The van der Waals surface area contributed by atoms with Crippen LogP contribution in [0.5, 0.6) is 0 Å². The highest BCUT2D eigenvalue weighted by molar-refractivity contribution is 5.75. The van der Waals surface area contributed by atoms with Gasteiger partial charge in [0.15, 0.2) is 0 Å². The second-order valence-corrected chi connectivity index (χ2v) is 6.06. The van der Waals surface area contributed by atoms with E-state index in [2.05, 4.69) is 5.32 Å². The minimum absolute atomic E-state index is 0.0200. The lowest BCUT2D eigenvalue weighted by molar-refractivity contribution is -0.132. The number of rotatable bonds is 4. The Kier molecular flexibility index (Phi) is 4.45. The van der Waals surface area contributed by atoms with E-state index in [1.807, 2.05) is 0 Å². The molecule has 3 atom stereocenters. The van der Waals surface area contributed by atoms with Gasteiger partial charge in [0, 0.05) is 33.0 Å². The molecule has 1 saturated carbocycles. The summed E-state index contributed by atoms with van der Waals surface area (Å²) in [4.78, 5) is 24.5. The molecule has 0 radical (unpaired) electrons. The number of piperidine rings is 1. The zero-order valence-corrected chi connectivity index (χ0v) is 11.8. The molecule has 2 N–H and O–H groups in total. The van der Waals surface area contributed by atoms with Gasteiger partial charge < -0.3 is 15.3 Å². The fourth-order valence-electron chi connectivity index (χ4n) is 3.04. The largest absolute Gasteiger partial charge is 0.393 e.